The van der Waals surface area contributed by atoms with Crippen LogP contribution in [-0.4, -0.2) is 10.1 Å². The van der Waals surface area contributed by atoms with E-state index in [2.05, 4.69) is 15.5 Å². The smallest absolute Gasteiger partial charge is 0.185 e. The molecule has 5 nitrogen and oxygen atoms in total. The molecule has 2 heterocycles. The van der Waals surface area contributed by atoms with Gasteiger partial charge in [0.05, 0.1) is 11.9 Å². The first kappa shape index (κ1) is 15.5. The second-order valence-electron chi connectivity index (χ2n) is 5.45. The summed E-state index contributed by atoms with van der Waals surface area (Å²) in [5.41, 5.74) is 2.46. The lowest BCUT2D eigenvalue weighted by molar-refractivity contribution is 0.310. The maximum Gasteiger partial charge on any atom is 0.185 e. The number of anilines is 2. The lowest BCUT2D eigenvalue weighted by atomic mass is 10.2. The van der Waals surface area contributed by atoms with Gasteiger partial charge in [-0.2, -0.15) is 0 Å². The van der Waals surface area contributed by atoms with E-state index in [4.69, 9.17) is 20.9 Å². The molecule has 0 bridgehead atoms. The van der Waals surface area contributed by atoms with E-state index in [0.29, 0.717) is 28.8 Å². The van der Waals surface area contributed by atoms with Gasteiger partial charge in [-0.15, -0.1) is 0 Å². The summed E-state index contributed by atoms with van der Waals surface area (Å²) in [6.45, 7) is 0.400. The van der Waals surface area contributed by atoms with Gasteiger partial charge in [0, 0.05) is 11.2 Å². The molecule has 0 aliphatic carbocycles. The molecule has 4 rings (SSSR count). The molecule has 2 aromatic carbocycles. The Kier molecular flexibility index (Phi) is 4.23. The van der Waals surface area contributed by atoms with Gasteiger partial charge in [0.25, 0.3) is 0 Å². The predicted molar refractivity (Wildman–Crippen MR) is 97.3 cm³/mol. The molecule has 0 amide bonds. The molecule has 6 heteroatoms. The summed E-state index contributed by atoms with van der Waals surface area (Å²) in [7, 11) is 0. The first-order valence-corrected chi connectivity index (χ1v) is 8.10. The predicted octanol–water partition coefficient (Wildman–Crippen LogP) is 5.20. The van der Waals surface area contributed by atoms with Crippen LogP contribution in [0.1, 0.15) is 5.56 Å². The van der Waals surface area contributed by atoms with Crippen molar-refractivity contribution in [3.05, 3.63) is 77.6 Å². The van der Waals surface area contributed by atoms with Gasteiger partial charge in [0.1, 0.15) is 17.7 Å². The minimum absolute atomic E-state index is 0.400. The highest BCUT2D eigenvalue weighted by atomic mass is 35.5. The Morgan fingerprint density at radius 3 is 2.84 bits per heavy atom. The van der Waals surface area contributed by atoms with Crippen molar-refractivity contribution in [2.45, 2.75) is 6.61 Å². The van der Waals surface area contributed by atoms with Crippen molar-refractivity contribution < 1.29 is 9.26 Å². The number of pyridine rings is 1. The Bertz CT molecular complexity index is 1000. The van der Waals surface area contributed by atoms with E-state index in [0.717, 1.165) is 16.6 Å². The Labute approximate surface area is 149 Å². The SMILES string of the molecule is Clc1cccc(COc2cccc3onc(Nc4cccnc4)c23)c1. The minimum atomic E-state index is 0.400. The number of benzene rings is 2. The first-order valence-electron chi connectivity index (χ1n) is 7.72. The largest absolute Gasteiger partial charge is 0.488 e. The molecule has 4 aromatic rings. The van der Waals surface area contributed by atoms with Crippen molar-refractivity contribution in [3.8, 4) is 5.75 Å². The van der Waals surface area contributed by atoms with Crippen LogP contribution in [0.2, 0.25) is 5.02 Å². The number of rotatable bonds is 5. The van der Waals surface area contributed by atoms with Crippen molar-refractivity contribution in [3.63, 3.8) is 0 Å². The van der Waals surface area contributed by atoms with Gasteiger partial charge in [-0.05, 0) is 42.0 Å². The van der Waals surface area contributed by atoms with Crippen molar-refractivity contribution in [1.82, 2.24) is 10.1 Å². The number of nitrogens with one attached hydrogen (secondary N) is 1. The summed E-state index contributed by atoms with van der Waals surface area (Å²) in [6, 6.07) is 16.9. The number of hydrogen-bond donors (Lipinski definition) is 1. The molecular formula is C19H14ClN3O2. The van der Waals surface area contributed by atoms with E-state index in [9.17, 15) is 0 Å². The zero-order valence-corrected chi connectivity index (χ0v) is 13.9. The zero-order valence-electron chi connectivity index (χ0n) is 13.1. The molecule has 0 aliphatic rings. The van der Waals surface area contributed by atoms with Crippen LogP contribution in [0.4, 0.5) is 11.5 Å². The quantitative estimate of drug-likeness (QED) is 0.535. The summed E-state index contributed by atoms with van der Waals surface area (Å²) in [5.74, 6) is 1.27. The van der Waals surface area contributed by atoms with Crippen LogP contribution < -0.4 is 10.1 Å². The summed E-state index contributed by atoms with van der Waals surface area (Å²) in [5, 5.41) is 8.78. The van der Waals surface area contributed by atoms with Crippen LogP contribution in [0.3, 0.4) is 0 Å². The van der Waals surface area contributed by atoms with E-state index in [1.165, 1.54) is 0 Å². The van der Waals surface area contributed by atoms with E-state index < -0.39 is 0 Å². The van der Waals surface area contributed by atoms with Crippen LogP contribution in [0.5, 0.6) is 5.75 Å². The van der Waals surface area contributed by atoms with Crippen LogP contribution in [0.25, 0.3) is 11.0 Å². The normalized spacial score (nSPS) is 10.8. The van der Waals surface area contributed by atoms with Gasteiger partial charge in [-0.3, -0.25) is 4.98 Å². The molecule has 2 aromatic heterocycles. The van der Waals surface area contributed by atoms with Crippen molar-refractivity contribution >= 4 is 34.1 Å². The second kappa shape index (κ2) is 6.83. The number of hydrogen-bond acceptors (Lipinski definition) is 5. The molecule has 0 aliphatic heterocycles. The molecule has 0 radical (unpaired) electrons. The zero-order chi connectivity index (χ0) is 17.1. The molecule has 0 saturated heterocycles. The Balaban J connectivity index is 1.63. The maximum atomic E-state index is 6.02. The van der Waals surface area contributed by atoms with Crippen LogP contribution in [0, 0.1) is 0 Å². The Hall–Kier alpha value is -3.05. The highest BCUT2D eigenvalue weighted by molar-refractivity contribution is 6.30. The molecule has 0 spiro atoms. The number of nitrogens with zero attached hydrogens (tertiary/aromatic N) is 2. The van der Waals surface area contributed by atoms with Crippen molar-refractivity contribution in [2.24, 2.45) is 0 Å². The lowest BCUT2D eigenvalue weighted by Gasteiger charge is -2.09. The molecule has 25 heavy (non-hydrogen) atoms. The standard InChI is InChI=1S/C19H14ClN3O2/c20-14-5-1-4-13(10-14)12-24-16-7-2-8-17-18(16)19(23-25-17)22-15-6-3-9-21-11-15/h1-11H,12H2,(H,22,23). The number of fused-ring (bicyclic) bond motifs is 1. The molecule has 0 unspecified atom stereocenters. The molecule has 0 saturated carbocycles. The van der Waals surface area contributed by atoms with Crippen LogP contribution in [0.15, 0.2) is 71.5 Å². The van der Waals surface area contributed by atoms with Gasteiger partial charge < -0.3 is 14.6 Å². The minimum Gasteiger partial charge on any atom is -0.488 e. The summed E-state index contributed by atoms with van der Waals surface area (Å²) < 4.78 is 11.4. The third kappa shape index (κ3) is 3.41. The lowest BCUT2D eigenvalue weighted by Crippen LogP contribution is -1.97. The summed E-state index contributed by atoms with van der Waals surface area (Å²) in [6.07, 6.45) is 3.43. The second-order valence-corrected chi connectivity index (χ2v) is 5.88. The van der Waals surface area contributed by atoms with Gasteiger partial charge in [0.2, 0.25) is 0 Å². The third-order valence-corrected chi connectivity index (χ3v) is 3.90. The van der Waals surface area contributed by atoms with Gasteiger partial charge >= 0.3 is 0 Å². The molecule has 1 N–H and O–H groups in total. The van der Waals surface area contributed by atoms with E-state index in [1.54, 1.807) is 12.4 Å². The van der Waals surface area contributed by atoms with Gasteiger partial charge in [-0.25, -0.2) is 0 Å². The number of halogens is 1. The fourth-order valence-electron chi connectivity index (χ4n) is 2.53. The summed E-state index contributed by atoms with van der Waals surface area (Å²) in [4.78, 5) is 4.09. The molecular weight excluding hydrogens is 338 g/mol. The van der Waals surface area contributed by atoms with Gasteiger partial charge in [0.15, 0.2) is 11.4 Å². The fraction of sp³-hybridized carbons (Fsp3) is 0.0526. The number of ether oxygens (including phenoxy) is 1. The van der Waals surface area contributed by atoms with Crippen LogP contribution >= 0.6 is 11.6 Å². The molecule has 124 valence electrons. The molecule has 0 fully saturated rings. The van der Waals surface area contributed by atoms with Gasteiger partial charge in [-0.1, -0.05) is 35.0 Å². The topological polar surface area (TPSA) is 60.2 Å². The van der Waals surface area contributed by atoms with E-state index in [-0.39, 0.29) is 0 Å². The highest BCUT2D eigenvalue weighted by Crippen LogP contribution is 2.34. The van der Waals surface area contributed by atoms with E-state index >= 15 is 0 Å². The number of aromatic nitrogens is 2. The Morgan fingerprint density at radius 2 is 2.00 bits per heavy atom. The maximum absolute atomic E-state index is 6.02. The van der Waals surface area contributed by atoms with Crippen molar-refractivity contribution in [1.29, 1.82) is 0 Å². The summed E-state index contributed by atoms with van der Waals surface area (Å²) >= 11 is 6.02. The average Bonchev–Trinajstić information content (AvgIpc) is 3.04. The highest BCUT2D eigenvalue weighted by Gasteiger charge is 2.14. The first-order chi connectivity index (χ1) is 12.3. The van der Waals surface area contributed by atoms with E-state index in [1.807, 2.05) is 54.6 Å². The Morgan fingerprint density at radius 1 is 1.08 bits per heavy atom. The molecule has 0 atom stereocenters. The average molecular weight is 352 g/mol. The van der Waals surface area contributed by atoms with Crippen LogP contribution in [-0.2, 0) is 6.61 Å². The fourth-order valence-corrected chi connectivity index (χ4v) is 2.74. The van der Waals surface area contributed by atoms with Crippen molar-refractivity contribution in [2.75, 3.05) is 5.32 Å². The third-order valence-electron chi connectivity index (χ3n) is 3.67. The monoisotopic (exact) mass is 351 g/mol.